The van der Waals surface area contributed by atoms with Crippen molar-refractivity contribution in [1.29, 1.82) is 0 Å². The molecule has 8 heteroatoms. The largest absolute Gasteiger partial charge is 0.494 e. The van der Waals surface area contributed by atoms with Gasteiger partial charge < -0.3 is 14.4 Å². The number of amides is 1. The van der Waals surface area contributed by atoms with Crippen molar-refractivity contribution in [3.05, 3.63) is 84.3 Å². The second-order valence-electron chi connectivity index (χ2n) is 9.21. The summed E-state index contributed by atoms with van der Waals surface area (Å²) in [5, 5.41) is 0. The third-order valence-electron chi connectivity index (χ3n) is 6.82. The Morgan fingerprint density at radius 2 is 1.92 bits per heavy atom. The number of benzene rings is 2. The van der Waals surface area contributed by atoms with Crippen molar-refractivity contribution >= 4 is 11.4 Å². The normalized spacial score (nSPS) is 15.6. The number of carbonyl (C=O) groups is 1. The number of hydrogen-bond acceptors (Lipinski definition) is 5. The van der Waals surface area contributed by atoms with E-state index in [2.05, 4.69) is 16.0 Å². The fourth-order valence-electron chi connectivity index (χ4n) is 4.96. The highest BCUT2D eigenvalue weighted by Gasteiger charge is 2.29. The molecule has 1 unspecified atom stereocenters. The van der Waals surface area contributed by atoms with Gasteiger partial charge in [0.2, 0.25) is 11.7 Å². The molecule has 2 aromatic carbocycles. The molecule has 0 N–H and O–H groups in total. The molecule has 2 aromatic heterocycles. The minimum Gasteiger partial charge on any atom is -0.494 e. The molecule has 1 aliphatic heterocycles. The van der Waals surface area contributed by atoms with E-state index in [0.29, 0.717) is 12.3 Å². The van der Waals surface area contributed by atoms with Crippen LogP contribution in [0.3, 0.4) is 0 Å². The zero-order chi connectivity index (χ0) is 26.1. The highest BCUT2D eigenvalue weighted by Crippen LogP contribution is 2.36. The van der Waals surface area contributed by atoms with Gasteiger partial charge in [0.05, 0.1) is 24.0 Å². The number of ether oxygens (including phenoxy) is 2. The van der Waals surface area contributed by atoms with E-state index in [0.717, 1.165) is 53.4 Å². The predicted molar refractivity (Wildman–Crippen MR) is 140 cm³/mol. The maximum atomic E-state index is 14.5. The molecule has 0 saturated carbocycles. The first-order valence-electron chi connectivity index (χ1n) is 12.3. The molecule has 1 aliphatic rings. The van der Waals surface area contributed by atoms with E-state index in [-0.39, 0.29) is 23.3 Å². The summed E-state index contributed by atoms with van der Waals surface area (Å²) < 4.78 is 27.5. The zero-order valence-corrected chi connectivity index (χ0v) is 21.2. The van der Waals surface area contributed by atoms with Gasteiger partial charge >= 0.3 is 0 Å². The molecule has 0 aliphatic carbocycles. The Hall–Kier alpha value is -4.20. The van der Waals surface area contributed by atoms with E-state index in [4.69, 9.17) is 14.5 Å². The van der Waals surface area contributed by atoms with Crippen molar-refractivity contribution in [2.75, 3.05) is 20.2 Å². The first-order valence-corrected chi connectivity index (χ1v) is 12.3. The van der Waals surface area contributed by atoms with Crippen LogP contribution in [0.2, 0.25) is 0 Å². The molecule has 0 radical (unpaired) electrons. The smallest absolute Gasteiger partial charge is 0.245 e. The zero-order valence-electron chi connectivity index (χ0n) is 21.2. The average Bonchev–Trinajstić information content (AvgIpc) is 3.34. The molecule has 0 bridgehead atoms. The lowest BCUT2D eigenvalue weighted by Gasteiger charge is -2.31. The number of aromatic nitrogens is 3. The number of methoxy groups -OCH3 is 1. The Kier molecular flexibility index (Phi) is 6.65. The summed E-state index contributed by atoms with van der Waals surface area (Å²) in [4.78, 5) is 23.9. The summed E-state index contributed by atoms with van der Waals surface area (Å²) in [6.07, 6.45) is 5.08. The summed E-state index contributed by atoms with van der Waals surface area (Å²) in [6.45, 7) is 8.96. The molecule has 5 rings (SSSR count). The number of rotatable bonds is 6. The minimum atomic E-state index is -0.549. The second-order valence-corrected chi connectivity index (χ2v) is 9.21. The van der Waals surface area contributed by atoms with E-state index < -0.39 is 5.82 Å². The Morgan fingerprint density at radius 1 is 1.16 bits per heavy atom. The van der Waals surface area contributed by atoms with Crippen LogP contribution in [0.25, 0.3) is 16.8 Å². The number of likely N-dealkylation sites (tertiary alicyclic amines) is 1. The lowest BCUT2D eigenvalue weighted by atomic mass is 9.97. The molecular weight excluding hydrogens is 471 g/mol. The third-order valence-corrected chi connectivity index (χ3v) is 6.82. The number of carbonyl (C=O) groups excluding carboxylic acids is 1. The van der Waals surface area contributed by atoms with Gasteiger partial charge in [-0.2, -0.15) is 4.39 Å². The number of fused-ring (bicyclic) bond motifs is 1. The molecule has 37 heavy (non-hydrogen) atoms. The van der Waals surface area contributed by atoms with E-state index in [1.165, 1.54) is 13.2 Å². The molecule has 0 spiro atoms. The van der Waals surface area contributed by atoms with Gasteiger partial charge in [-0.25, -0.2) is 4.98 Å². The van der Waals surface area contributed by atoms with E-state index in [1.54, 1.807) is 30.3 Å². The summed E-state index contributed by atoms with van der Waals surface area (Å²) in [5.74, 6) is 1.13. The monoisotopic (exact) mass is 500 g/mol. The highest BCUT2D eigenvalue weighted by molar-refractivity contribution is 5.87. The molecule has 1 amide bonds. The topological polar surface area (TPSA) is 69.0 Å². The predicted octanol–water partition coefficient (Wildman–Crippen LogP) is 5.85. The Bertz CT molecular complexity index is 1480. The van der Waals surface area contributed by atoms with Crippen molar-refractivity contribution < 1.29 is 18.7 Å². The van der Waals surface area contributed by atoms with Gasteiger partial charge in [0.25, 0.3) is 0 Å². The number of piperidine rings is 1. The fraction of sp³-hybridized carbons (Fsp3) is 0.276. The molecule has 1 fully saturated rings. The van der Waals surface area contributed by atoms with Gasteiger partial charge in [0.15, 0.2) is 11.5 Å². The van der Waals surface area contributed by atoms with Crippen LogP contribution in [0.5, 0.6) is 17.2 Å². The average molecular weight is 501 g/mol. The van der Waals surface area contributed by atoms with Gasteiger partial charge in [-0.1, -0.05) is 12.6 Å². The third kappa shape index (κ3) is 4.55. The van der Waals surface area contributed by atoms with Crippen LogP contribution in [0, 0.1) is 19.7 Å². The Balaban J connectivity index is 1.52. The van der Waals surface area contributed by atoms with E-state index in [1.807, 2.05) is 37.1 Å². The van der Waals surface area contributed by atoms with Crippen LogP contribution >= 0.6 is 0 Å². The number of halogens is 1. The first-order chi connectivity index (χ1) is 17.9. The molecule has 190 valence electrons. The molecule has 1 saturated heterocycles. The summed E-state index contributed by atoms with van der Waals surface area (Å²) in [7, 11) is 1.42. The van der Waals surface area contributed by atoms with Gasteiger partial charge in [0.1, 0.15) is 11.6 Å². The van der Waals surface area contributed by atoms with Crippen LogP contribution in [0.15, 0.2) is 61.3 Å². The van der Waals surface area contributed by atoms with Gasteiger partial charge in [0, 0.05) is 36.5 Å². The van der Waals surface area contributed by atoms with Gasteiger partial charge in [-0.05, 0) is 69.2 Å². The summed E-state index contributed by atoms with van der Waals surface area (Å²) >= 11 is 0. The SMILES string of the molecule is C=CC(=O)N1CCCC(c2nc(-c3ccc(Oc4cccc(OC)c4F)cc3)c3c(C)ncc(C)n23)C1. The van der Waals surface area contributed by atoms with Crippen LogP contribution in [0.4, 0.5) is 4.39 Å². The Morgan fingerprint density at radius 3 is 2.65 bits per heavy atom. The number of aryl methyl sites for hydroxylation is 2. The number of nitrogens with zero attached hydrogens (tertiary/aromatic N) is 4. The molecule has 7 nitrogen and oxygen atoms in total. The number of imidazole rings is 1. The summed E-state index contributed by atoms with van der Waals surface area (Å²) in [6, 6.07) is 12.2. The van der Waals surface area contributed by atoms with Crippen molar-refractivity contribution in [3.63, 3.8) is 0 Å². The summed E-state index contributed by atoms with van der Waals surface area (Å²) in [5.41, 5.74) is 4.50. The Labute approximate surface area is 215 Å². The minimum absolute atomic E-state index is 0.0524. The number of hydrogen-bond donors (Lipinski definition) is 0. The van der Waals surface area contributed by atoms with Crippen LogP contribution in [-0.2, 0) is 4.79 Å². The lowest BCUT2D eigenvalue weighted by Crippen LogP contribution is -2.38. The van der Waals surface area contributed by atoms with Gasteiger partial charge in [-0.3, -0.25) is 14.2 Å². The second kappa shape index (κ2) is 10.0. The van der Waals surface area contributed by atoms with Gasteiger partial charge in [-0.15, -0.1) is 0 Å². The maximum Gasteiger partial charge on any atom is 0.245 e. The van der Waals surface area contributed by atoms with Crippen LogP contribution < -0.4 is 9.47 Å². The first kappa shape index (κ1) is 24.5. The van der Waals surface area contributed by atoms with Crippen LogP contribution in [0.1, 0.15) is 36.0 Å². The van der Waals surface area contributed by atoms with Crippen molar-refractivity contribution in [3.8, 4) is 28.5 Å². The fourth-order valence-corrected chi connectivity index (χ4v) is 4.96. The van der Waals surface area contributed by atoms with Crippen molar-refractivity contribution in [2.45, 2.75) is 32.6 Å². The maximum absolute atomic E-state index is 14.5. The van der Waals surface area contributed by atoms with E-state index in [9.17, 15) is 9.18 Å². The van der Waals surface area contributed by atoms with Crippen LogP contribution in [-0.4, -0.2) is 45.4 Å². The van der Waals surface area contributed by atoms with Crippen molar-refractivity contribution in [2.24, 2.45) is 0 Å². The molecule has 1 atom stereocenters. The lowest BCUT2D eigenvalue weighted by molar-refractivity contribution is -0.127. The highest BCUT2D eigenvalue weighted by atomic mass is 19.1. The molecule has 3 heterocycles. The van der Waals surface area contributed by atoms with E-state index >= 15 is 0 Å². The standard InChI is InChI=1S/C29H29FN4O3/c1-5-25(35)33-15-7-8-21(17-33)29-32-27(28-19(3)31-16-18(2)34(28)29)20-11-13-22(14-12-20)37-24-10-6-9-23(36-4)26(24)30/h5-6,9-14,16,21H,1,7-8,15,17H2,2-4H3. The quantitative estimate of drug-likeness (QED) is 0.311. The molecular formula is C29H29FN4O3. The molecule has 4 aromatic rings. The van der Waals surface area contributed by atoms with Crippen molar-refractivity contribution in [1.82, 2.24) is 19.3 Å².